The lowest BCUT2D eigenvalue weighted by molar-refractivity contribution is 0.155. The smallest absolute Gasteiger partial charge is 0.418 e. The highest BCUT2D eigenvalue weighted by Gasteiger charge is 2.14. The van der Waals surface area contributed by atoms with Gasteiger partial charge in [-0.05, 0) is 41.7 Å². The van der Waals surface area contributed by atoms with E-state index in [1.165, 1.54) is 5.56 Å². The predicted molar refractivity (Wildman–Crippen MR) is 108 cm³/mol. The molecule has 0 saturated heterocycles. The van der Waals surface area contributed by atoms with Crippen LogP contribution >= 0.6 is 0 Å². The molecule has 0 bridgehead atoms. The Morgan fingerprint density at radius 2 is 1.73 bits per heavy atom. The molecule has 0 fully saturated rings. The third kappa shape index (κ3) is 3.72. The number of carbonyl (C=O) groups excluding carboxylic acids is 1. The molecule has 0 atom stereocenters. The molecule has 0 saturated carbocycles. The van der Waals surface area contributed by atoms with Crippen LogP contribution in [0.15, 0.2) is 54.6 Å². The molecule has 3 rings (SSSR count). The fourth-order valence-corrected chi connectivity index (χ4v) is 2.97. The van der Waals surface area contributed by atoms with E-state index in [4.69, 9.17) is 4.74 Å². The van der Waals surface area contributed by atoms with Crippen molar-refractivity contribution in [2.24, 2.45) is 0 Å². The highest BCUT2D eigenvalue weighted by molar-refractivity contribution is 5.94. The Morgan fingerprint density at radius 3 is 2.38 bits per heavy atom. The molecule has 3 aromatic rings. The van der Waals surface area contributed by atoms with E-state index in [0.717, 1.165) is 22.2 Å². The van der Waals surface area contributed by atoms with Gasteiger partial charge in [0.05, 0.1) is 17.8 Å². The predicted octanol–water partition coefficient (Wildman–Crippen LogP) is 6.11. The van der Waals surface area contributed by atoms with Crippen LogP contribution in [0.1, 0.15) is 44.5 Å². The molecule has 0 aliphatic rings. The van der Waals surface area contributed by atoms with E-state index in [1.54, 1.807) is 4.57 Å². The van der Waals surface area contributed by atoms with Gasteiger partial charge in [0.1, 0.15) is 0 Å². The molecule has 0 radical (unpaired) electrons. The van der Waals surface area contributed by atoms with Gasteiger partial charge in [0.15, 0.2) is 0 Å². The van der Waals surface area contributed by atoms with Crippen molar-refractivity contribution in [3.63, 3.8) is 0 Å². The number of ether oxygens (including phenoxy) is 1. The second-order valence-corrected chi connectivity index (χ2v) is 7.37. The van der Waals surface area contributed by atoms with Gasteiger partial charge in [0.2, 0.25) is 0 Å². The molecule has 0 N–H and O–H groups in total. The minimum atomic E-state index is -0.351. The van der Waals surface area contributed by atoms with Crippen molar-refractivity contribution < 1.29 is 9.53 Å². The van der Waals surface area contributed by atoms with Gasteiger partial charge in [-0.2, -0.15) is 0 Å². The monoisotopic (exact) mass is 347 g/mol. The lowest BCUT2D eigenvalue weighted by Crippen LogP contribution is -2.14. The van der Waals surface area contributed by atoms with Crippen molar-refractivity contribution in [2.45, 2.75) is 33.1 Å². The lowest BCUT2D eigenvalue weighted by Gasteiger charge is -2.18. The molecule has 3 nitrogen and oxygen atoms in total. The normalized spacial score (nSPS) is 12.0. The first-order valence-corrected chi connectivity index (χ1v) is 8.96. The average molecular weight is 347 g/mol. The molecular weight excluding hydrogens is 322 g/mol. The zero-order chi connectivity index (χ0) is 18.7. The number of para-hydroxylation sites is 1. The number of fused-ring (bicyclic) bond motifs is 1. The lowest BCUT2D eigenvalue weighted by atomic mass is 9.87. The van der Waals surface area contributed by atoms with E-state index < -0.39 is 0 Å². The van der Waals surface area contributed by atoms with Gasteiger partial charge in [0, 0.05) is 5.39 Å². The van der Waals surface area contributed by atoms with Gasteiger partial charge in [-0.3, -0.25) is 0 Å². The molecule has 0 spiro atoms. The fraction of sp³-hybridized carbons (Fsp3) is 0.261. The van der Waals surface area contributed by atoms with Crippen molar-refractivity contribution in [3.05, 3.63) is 71.4 Å². The number of benzene rings is 2. The highest BCUT2D eigenvalue weighted by Crippen LogP contribution is 2.24. The Kier molecular flexibility index (Phi) is 4.99. The summed E-state index contributed by atoms with van der Waals surface area (Å²) in [6.07, 6.45) is 3.63. The summed E-state index contributed by atoms with van der Waals surface area (Å²) in [6.45, 7) is 8.78. The van der Waals surface area contributed by atoms with Crippen LogP contribution in [-0.4, -0.2) is 17.3 Å². The van der Waals surface area contributed by atoms with E-state index in [2.05, 4.69) is 45.0 Å². The first kappa shape index (κ1) is 18.0. The average Bonchev–Trinajstić information content (AvgIpc) is 2.98. The summed E-state index contributed by atoms with van der Waals surface area (Å²) < 4.78 is 6.85. The van der Waals surface area contributed by atoms with E-state index in [1.807, 2.05) is 49.4 Å². The largest absolute Gasteiger partial charge is 0.449 e. The molecule has 134 valence electrons. The Labute approximate surface area is 154 Å². The number of rotatable bonds is 3. The molecule has 26 heavy (non-hydrogen) atoms. The van der Waals surface area contributed by atoms with Crippen LogP contribution in [-0.2, 0) is 10.2 Å². The molecule has 3 heteroatoms. The molecule has 1 heterocycles. The number of carbonyl (C=O) groups is 1. The zero-order valence-corrected chi connectivity index (χ0v) is 15.8. The second kappa shape index (κ2) is 7.20. The van der Waals surface area contributed by atoms with Crippen LogP contribution < -0.4 is 0 Å². The summed E-state index contributed by atoms with van der Waals surface area (Å²) in [7, 11) is 0. The molecule has 0 aliphatic carbocycles. The summed E-state index contributed by atoms with van der Waals surface area (Å²) in [4.78, 5) is 12.4. The Hall–Kier alpha value is -2.81. The molecular formula is C23H25NO2. The summed E-state index contributed by atoms with van der Waals surface area (Å²) in [6, 6.07) is 18.4. The maximum absolute atomic E-state index is 12.4. The number of nitrogens with zero attached hydrogens (tertiary/aromatic N) is 1. The number of hydrogen-bond donors (Lipinski definition) is 0. The van der Waals surface area contributed by atoms with Crippen LogP contribution in [0.3, 0.4) is 0 Å². The van der Waals surface area contributed by atoms with Gasteiger partial charge in [-0.15, -0.1) is 0 Å². The molecule has 0 aliphatic heterocycles. The zero-order valence-electron chi connectivity index (χ0n) is 15.8. The minimum Gasteiger partial charge on any atom is -0.449 e. The van der Waals surface area contributed by atoms with Crippen molar-refractivity contribution in [2.75, 3.05) is 6.61 Å². The van der Waals surface area contributed by atoms with Gasteiger partial charge in [-0.25, -0.2) is 9.36 Å². The van der Waals surface area contributed by atoms with Gasteiger partial charge >= 0.3 is 6.09 Å². The second-order valence-electron chi connectivity index (χ2n) is 7.37. The van der Waals surface area contributed by atoms with Crippen molar-refractivity contribution in [1.29, 1.82) is 0 Å². The summed E-state index contributed by atoms with van der Waals surface area (Å²) in [5.41, 5.74) is 4.20. The SMILES string of the molecule is CCOC(=O)n1c(/C=C/c2ccc(C(C)(C)C)cc2)cc2ccccc21. The Bertz CT molecular complexity index is 940. The van der Waals surface area contributed by atoms with E-state index >= 15 is 0 Å². The van der Waals surface area contributed by atoms with Crippen molar-refractivity contribution >= 4 is 29.1 Å². The highest BCUT2D eigenvalue weighted by atomic mass is 16.5. The molecule has 1 aromatic heterocycles. The standard InChI is InChI=1S/C23H25NO2/c1-5-26-22(25)24-20(16-18-8-6-7-9-21(18)24)15-12-17-10-13-19(14-11-17)23(2,3)4/h6-16H,5H2,1-4H3/b15-12+. The topological polar surface area (TPSA) is 31.2 Å². The number of hydrogen-bond acceptors (Lipinski definition) is 2. The number of aromatic nitrogens is 1. The van der Waals surface area contributed by atoms with Crippen molar-refractivity contribution in [3.8, 4) is 0 Å². The maximum Gasteiger partial charge on any atom is 0.418 e. The van der Waals surface area contributed by atoms with Crippen LogP contribution in [0.5, 0.6) is 0 Å². The van der Waals surface area contributed by atoms with E-state index in [0.29, 0.717) is 6.61 Å². The first-order valence-electron chi connectivity index (χ1n) is 8.96. The Morgan fingerprint density at radius 1 is 1.04 bits per heavy atom. The van der Waals surface area contributed by atoms with Crippen molar-refractivity contribution in [1.82, 2.24) is 4.57 Å². The summed E-state index contributed by atoms with van der Waals surface area (Å²) >= 11 is 0. The van der Waals surface area contributed by atoms with Gasteiger partial charge in [-0.1, -0.05) is 69.3 Å². The third-order valence-electron chi connectivity index (χ3n) is 4.41. The van der Waals surface area contributed by atoms with E-state index in [-0.39, 0.29) is 11.5 Å². The summed E-state index contributed by atoms with van der Waals surface area (Å²) in [5.74, 6) is 0. The molecule has 0 amide bonds. The van der Waals surface area contributed by atoms with Gasteiger partial charge in [0.25, 0.3) is 0 Å². The third-order valence-corrected chi connectivity index (χ3v) is 4.41. The first-order chi connectivity index (χ1) is 12.4. The quantitative estimate of drug-likeness (QED) is 0.572. The minimum absolute atomic E-state index is 0.137. The Balaban J connectivity index is 1.96. The maximum atomic E-state index is 12.4. The van der Waals surface area contributed by atoms with E-state index in [9.17, 15) is 4.79 Å². The van der Waals surface area contributed by atoms with Crippen LogP contribution in [0.4, 0.5) is 4.79 Å². The summed E-state index contributed by atoms with van der Waals surface area (Å²) in [5, 5.41) is 1.02. The van der Waals surface area contributed by atoms with Crippen LogP contribution in [0.25, 0.3) is 23.1 Å². The van der Waals surface area contributed by atoms with Crippen LogP contribution in [0, 0.1) is 0 Å². The molecule has 2 aromatic carbocycles. The molecule has 0 unspecified atom stereocenters. The fourth-order valence-electron chi connectivity index (χ4n) is 2.97. The van der Waals surface area contributed by atoms with Gasteiger partial charge < -0.3 is 4.74 Å². The van der Waals surface area contributed by atoms with Crippen LogP contribution in [0.2, 0.25) is 0 Å².